The molecule has 0 amide bonds. The number of aryl methyl sites for hydroxylation is 1. The summed E-state index contributed by atoms with van der Waals surface area (Å²) in [5.41, 5.74) is 8.30. The highest BCUT2D eigenvalue weighted by Gasteiger charge is 2.14. The second-order valence-corrected chi connectivity index (χ2v) is 7.29. The van der Waals surface area contributed by atoms with Gasteiger partial charge in [-0.25, -0.2) is 4.79 Å². The molecule has 1 aromatic carbocycles. The predicted octanol–water partition coefficient (Wildman–Crippen LogP) is 1.69. The summed E-state index contributed by atoms with van der Waals surface area (Å²) in [7, 11) is 0. The number of carboxylic acids is 1. The van der Waals surface area contributed by atoms with Crippen LogP contribution < -0.4 is 21.5 Å². The van der Waals surface area contributed by atoms with Gasteiger partial charge in [-0.05, 0) is 30.5 Å². The van der Waals surface area contributed by atoms with E-state index in [0.717, 1.165) is 24.0 Å². The van der Waals surface area contributed by atoms with Gasteiger partial charge in [0.1, 0.15) is 5.52 Å². The summed E-state index contributed by atoms with van der Waals surface area (Å²) in [4.78, 5) is 34.4. The van der Waals surface area contributed by atoms with Crippen molar-refractivity contribution >= 4 is 23.0 Å². The molecule has 0 unspecified atom stereocenters. The molecule has 10 heteroatoms. The van der Waals surface area contributed by atoms with Crippen LogP contribution in [0, 0.1) is 0 Å². The van der Waals surface area contributed by atoms with E-state index in [1.54, 1.807) is 6.07 Å². The van der Waals surface area contributed by atoms with Gasteiger partial charge < -0.3 is 25.9 Å². The molecule has 0 saturated carbocycles. The van der Waals surface area contributed by atoms with Crippen LogP contribution in [-0.4, -0.2) is 43.7 Å². The van der Waals surface area contributed by atoms with Crippen LogP contribution in [-0.2, 0) is 24.3 Å². The molecule has 166 valence electrons. The van der Waals surface area contributed by atoms with Crippen LogP contribution in [0.2, 0.25) is 0 Å². The zero-order valence-electron chi connectivity index (χ0n) is 17.6. The van der Waals surface area contributed by atoms with Crippen LogP contribution in [0.15, 0.2) is 29.1 Å². The van der Waals surface area contributed by atoms with Gasteiger partial charge in [-0.15, -0.1) is 0 Å². The first-order valence-corrected chi connectivity index (χ1v) is 10.4. The number of nitrogens with zero attached hydrogens (tertiary/aromatic N) is 3. The van der Waals surface area contributed by atoms with Gasteiger partial charge in [0.2, 0.25) is 0 Å². The van der Waals surface area contributed by atoms with E-state index in [1.165, 1.54) is 4.57 Å². The normalized spacial score (nSPS) is 11.1. The van der Waals surface area contributed by atoms with Crippen LogP contribution in [0.25, 0.3) is 11.2 Å². The first kappa shape index (κ1) is 22.3. The van der Waals surface area contributed by atoms with Gasteiger partial charge in [-0.2, -0.15) is 9.97 Å². The largest absolute Gasteiger partial charge is 0.481 e. The van der Waals surface area contributed by atoms with Gasteiger partial charge in [-0.3, -0.25) is 9.36 Å². The van der Waals surface area contributed by atoms with Crippen molar-refractivity contribution in [3.05, 3.63) is 45.9 Å². The van der Waals surface area contributed by atoms with Gasteiger partial charge in [0, 0.05) is 13.1 Å². The number of aromatic nitrogens is 4. The number of fused-ring (bicyclic) bond motifs is 1. The zero-order valence-corrected chi connectivity index (χ0v) is 17.6. The van der Waals surface area contributed by atoms with Crippen LogP contribution in [0.5, 0.6) is 6.01 Å². The van der Waals surface area contributed by atoms with Crippen LogP contribution in [0.1, 0.15) is 37.3 Å². The summed E-state index contributed by atoms with van der Waals surface area (Å²) in [6.07, 6.45) is 2.57. The van der Waals surface area contributed by atoms with Gasteiger partial charge in [0.15, 0.2) is 11.5 Å². The molecule has 10 nitrogen and oxygen atoms in total. The molecule has 0 bridgehead atoms. The minimum Gasteiger partial charge on any atom is -0.481 e. The molecular formula is C21H28N6O4. The summed E-state index contributed by atoms with van der Waals surface area (Å²) in [6.45, 7) is 4.29. The smallest absolute Gasteiger partial charge is 0.327 e. The Morgan fingerprint density at radius 1 is 1.29 bits per heavy atom. The molecule has 5 N–H and O–H groups in total. The molecule has 0 spiro atoms. The van der Waals surface area contributed by atoms with Crippen molar-refractivity contribution in [1.82, 2.24) is 24.8 Å². The number of imidazole rings is 1. The number of carboxylic acid groups (broad SMARTS) is 1. The van der Waals surface area contributed by atoms with E-state index in [4.69, 9.17) is 15.6 Å². The molecule has 0 fully saturated rings. The molecule has 3 rings (SSSR count). The van der Waals surface area contributed by atoms with E-state index in [1.807, 2.05) is 18.2 Å². The van der Waals surface area contributed by atoms with E-state index < -0.39 is 5.97 Å². The number of nitrogens with two attached hydrogens (primary N) is 1. The first-order chi connectivity index (χ1) is 15.0. The van der Waals surface area contributed by atoms with E-state index in [9.17, 15) is 9.59 Å². The number of benzene rings is 1. The van der Waals surface area contributed by atoms with Gasteiger partial charge >= 0.3 is 17.7 Å². The van der Waals surface area contributed by atoms with Crippen LogP contribution in [0.4, 0.5) is 5.82 Å². The van der Waals surface area contributed by atoms with Crippen molar-refractivity contribution in [2.24, 2.45) is 0 Å². The third kappa shape index (κ3) is 6.05. The molecule has 2 aromatic heterocycles. The Balaban J connectivity index is 1.57. The quantitative estimate of drug-likeness (QED) is 0.319. The molecule has 0 aliphatic heterocycles. The SMILES string of the molecule is CCCCOc1nc(N)c2[nH]c(=O)n(CCCNCc3cccc(CC(=O)O)c3)c2n1. The average Bonchev–Trinajstić information content (AvgIpc) is 3.04. The number of hydrogen-bond acceptors (Lipinski definition) is 7. The molecule has 0 atom stereocenters. The van der Waals surface area contributed by atoms with E-state index in [0.29, 0.717) is 43.8 Å². The number of ether oxygens (including phenoxy) is 1. The van der Waals surface area contributed by atoms with Gasteiger partial charge in [0.05, 0.1) is 13.0 Å². The number of nitrogen functional groups attached to an aromatic ring is 1. The Bertz CT molecular complexity index is 1090. The number of hydrogen-bond donors (Lipinski definition) is 4. The molecule has 0 aliphatic rings. The first-order valence-electron chi connectivity index (χ1n) is 10.4. The van der Waals surface area contributed by atoms with Crippen molar-refractivity contribution in [2.45, 2.75) is 45.7 Å². The maximum absolute atomic E-state index is 12.3. The lowest BCUT2D eigenvalue weighted by atomic mass is 10.1. The summed E-state index contributed by atoms with van der Waals surface area (Å²) in [5.74, 6) is -0.663. The number of rotatable bonds is 12. The highest BCUT2D eigenvalue weighted by Crippen LogP contribution is 2.18. The maximum atomic E-state index is 12.3. The molecule has 0 radical (unpaired) electrons. The number of anilines is 1. The van der Waals surface area contributed by atoms with E-state index in [-0.39, 0.29) is 23.9 Å². The Morgan fingerprint density at radius 3 is 2.87 bits per heavy atom. The highest BCUT2D eigenvalue weighted by molar-refractivity contribution is 5.81. The molecule has 2 heterocycles. The lowest BCUT2D eigenvalue weighted by Crippen LogP contribution is -2.21. The number of carbonyl (C=O) groups is 1. The molecule has 0 aliphatic carbocycles. The van der Waals surface area contributed by atoms with Crippen LogP contribution in [0.3, 0.4) is 0 Å². The monoisotopic (exact) mass is 428 g/mol. The molecule has 0 saturated heterocycles. The van der Waals surface area contributed by atoms with Crippen LogP contribution >= 0.6 is 0 Å². The van der Waals surface area contributed by atoms with Gasteiger partial charge in [0.25, 0.3) is 0 Å². The number of unbranched alkanes of at least 4 members (excludes halogenated alkanes) is 1. The zero-order chi connectivity index (χ0) is 22.2. The fraction of sp³-hybridized carbons (Fsp3) is 0.429. The molecule has 31 heavy (non-hydrogen) atoms. The number of nitrogens with one attached hydrogen (secondary N) is 2. The minimum absolute atomic E-state index is 0.00640. The number of aliphatic carboxylic acids is 1. The van der Waals surface area contributed by atoms with Crippen molar-refractivity contribution < 1.29 is 14.6 Å². The lowest BCUT2D eigenvalue weighted by Gasteiger charge is -2.08. The third-order valence-corrected chi connectivity index (χ3v) is 4.77. The average molecular weight is 428 g/mol. The fourth-order valence-corrected chi connectivity index (χ4v) is 3.23. The maximum Gasteiger partial charge on any atom is 0.327 e. The lowest BCUT2D eigenvalue weighted by molar-refractivity contribution is -0.136. The molecule has 3 aromatic rings. The number of H-pyrrole nitrogens is 1. The Labute approximate surface area is 179 Å². The minimum atomic E-state index is -0.849. The Hall–Kier alpha value is -3.40. The number of aromatic amines is 1. The topological polar surface area (TPSA) is 148 Å². The van der Waals surface area contributed by atoms with Crippen molar-refractivity contribution in [3.8, 4) is 6.01 Å². The van der Waals surface area contributed by atoms with Gasteiger partial charge in [-0.1, -0.05) is 37.6 Å². The van der Waals surface area contributed by atoms with E-state index >= 15 is 0 Å². The molecular weight excluding hydrogens is 400 g/mol. The highest BCUT2D eigenvalue weighted by atomic mass is 16.5. The fourth-order valence-electron chi connectivity index (χ4n) is 3.23. The second kappa shape index (κ2) is 10.6. The summed E-state index contributed by atoms with van der Waals surface area (Å²) < 4.78 is 7.08. The standard InChI is InChI=1S/C21H28N6O4/c1-2-3-10-31-20-25-18(22)17-19(26-20)27(21(30)24-17)9-5-8-23-13-15-7-4-6-14(11-15)12-16(28)29/h4,6-7,11,23H,2-3,5,8-10,12-13H2,1H3,(H,24,30)(H,28,29)(H2,22,25,26). The Morgan fingerprint density at radius 2 is 2.10 bits per heavy atom. The van der Waals surface area contributed by atoms with Crippen molar-refractivity contribution in [2.75, 3.05) is 18.9 Å². The van der Waals surface area contributed by atoms with E-state index in [2.05, 4.69) is 27.2 Å². The summed E-state index contributed by atoms with van der Waals surface area (Å²) in [5, 5.41) is 12.2. The summed E-state index contributed by atoms with van der Waals surface area (Å²) in [6, 6.07) is 7.65. The predicted molar refractivity (Wildman–Crippen MR) is 117 cm³/mol. The summed E-state index contributed by atoms with van der Waals surface area (Å²) >= 11 is 0. The third-order valence-electron chi connectivity index (χ3n) is 4.77. The van der Waals surface area contributed by atoms with Crippen molar-refractivity contribution in [1.29, 1.82) is 0 Å². The Kier molecular flexibility index (Phi) is 7.60. The second-order valence-electron chi connectivity index (χ2n) is 7.29. The van der Waals surface area contributed by atoms with Crippen molar-refractivity contribution in [3.63, 3.8) is 0 Å².